The minimum absolute atomic E-state index is 0.0918. The van der Waals surface area contributed by atoms with Crippen LogP contribution in [0.5, 0.6) is 11.5 Å². The molecule has 0 saturated carbocycles. The van der Waals surface area contributed by atoms with Crippen LogP contribution < -0.4 is 20.7 Å². The van der Waals surface area contributed by atoms with Gasteiger partial charge in [0.1, 0.15) is 11.5 Å². The maximum atomic E-state index is 12.3. The fourth-order valence-electron chi connectivity index (χ4n) is 3.35. The molecule has 27 heavy (non-hydrogen) atoms. The molecule has 2 amide bonds. The van der Waals surface area contributed by atoms with Crippen LogP contribution >= 0.6 is 0 Å². The van der Waals surface area contributed by atoms with Gasteiger partial charge in [0.25, 0.3) is 0 Å². The summed E-state index contributed by atoms with van der Waals surface area (Å²) in [7, 11) is 3.29. The molecule has 1 heterocycles. The number of amides is 2. The highest BCUT2D eigenvalue weighted by atomic mass is 16.5. The molecule has 1 atom stereocenters. The van der Waals surface area contributed by atoms with Crippen LogP contribution in [0.15, 0.2) is 18.2 Å². The third-order valence-corrected chi connectivity index (χ3v) is 5.06. The standard InChI is InChI=1S/C19H30N4O4/c1-14(16-8-7-15(26-2)13-17(16)27-3)22-9-11-23(12-10-22)19(25)6-4-5-18(24)21-20/h7-8,13-14H,4-6,9-12,20H2,1-3H3,(H,21,24). The zero-order valence-corrected chi connectivity index (χ0v) is 16.4. The van der Waals surface area contributed by atoms with E-state index < -0.39 is 0 Å². The number of ether oxygens (including phenoxy) is 2. The van der Waals surface area contributed by atoms with E-state index in [2.05, 4.69) is 17.2 Å². The summed E-state index contributed by atoms with van der Waals surface area (Å²) < 4.78 is 10.8. The molecule has 0 bridgehead atoms. The largest absolute Gasteiger partial charge is 0.497 e. The van der Waals surface area contributed by atoms with Gasteiger partial charge in [-0.05, 0) is 19.4 Å². The minimum Gasteiger partial charge on any atom is -0.497 e. The number of piperazine rings is 1. The van der Waals surface area contributed by atoms with Crippen molar-refractivity contribution < 1.29 is 19.1 Å². The second kappa shape index (κ2) is 10.1. The monoisotopic (exact) mass is 378 g/mol. The van der Waals surface area contributed by atoms with Crippen LogP contribution in [0.1, 0.15) is 37.8 Å². The Balaban J connectivity index is 1.88. The zero-order valence-electron chi connectivity index (χ0n) is 16.4. The van der Waals surface area contributed by atoms with E-state index in [4.69, 9.17) is 15.3 Å². The zero-order chi connectivity index (χ0) is 19.8. The molecule has 8 nitrogen and oxygen atoms in total. The van der Waals surface area contributed by atoms with Gasteiger partial charge < -0.3 is 14.4 Å². The Morgan fingerprint density at radius 2 is 1.85 bits per heavy atom. The highest BCUT2D eigenvalue weighted by molar-refractivity contribution is 5.78. The number of benzene rings is 1. The molecule has 1 aliphatic rings. The molecule has 1 aliphatic heterocycles. The highest BCUT2D eigenvalue weighted by Crippen LogP contribution is 2.32. The molecule has 1 unspecified atom stereocenters. The molecule has 0 spiro atoms. The van der Waals surface area contributed by atoms with E-state index in [9.17, 15) is 9.59 Å². The molecule has 0 aromatic heterocycles. The molecular formula is C19H30N4O4. The van der Waals surface area contributed by atoms with Crippen LogP contribution in [0.4, 0.5) is 0 Å². The van der Waals surface area contributed by atoms with Crippen molar-refractivity contribution in [1.82, 2.24) is 15.2 Å². The Bertz CT molecular complexity index is 645. The number of carbonyl (C=O) groups excluding carboxylic acids is 2. The van der Waals surface area contributed by atoms with Gasteiger partial charge in [-0.15, -0.1) is 0 Å². The maximum Gasteiger partial charge on any atom is 0.233 e. The highest BCUT2D eigenvalue weighted by Gasteiger charge is 2.26. The predicted octanol–water partition coefficient (Wildman–Crippen LogP) is 1.07. The topological polar surface area (TPSA) is 97.1 Å². The van der Waals surface area contributed by atoms with Crippen molar-refractivity contribution in [2.45, 2.75) is 32.2 Å². The first-order valence-corrected chi connectivity index (χ1v) is 9.23. The molecule has 0 aliphatic carbocycles. The molecule has 1 aromatic rings. The number of carbonyl (C=O) groups is 2. The molecule has 3 N–H and O–H groups in total. The Labute approximate surface area is 160 Å². The van der Waals surface area contributed by atoms with Gasteiger partial charge in [0, 0.05) is 56.7 Å². The fourth-order valence-corrected chi connectivity index (χ4v) is 3.35. The summed E-state index contributed by atoms with van der Waals surface area (Å²) in [4.78, 5) is 27.6. The maximum absolute atomic E-state index is 12.3. The van der Waals surface area contributed by atoms with Crippen LogP contribution in [0.2, 0.25) is 0 Å². The van der Waals surface area contributed by atoms with Crippen LogP contribution in [-0.2, 0) is 9.59 Å². The van der Waals surface area contributed by atoms with E-state index in [1.807, 2.05) is 23.1 Å². The lowest BCUT2D eigenvalue weighted by molar-refractivity contribution is -0.133. The van der Waals surface area contributed by atoms with Crippen molar-refractivity contribution >= 4 is 11.8 Å². The number of hydrogen-bond donors (Lipinski definition) is 2. The third-order valence-electron chi connectivity index (χ3n) is 5.06. The molecule has 1 fully saturated rings. The second-order valence-electron chi connectivity index (χ2n) is 6.62. The van der Waals surface area contributed by atoms with Gasteiger partial charge in [0.15, 0.2) is 0 Å². The number of nitrogens with zero attached hydrogens (tertiary/aromatic N) is 2. The van der Waals surface area contributed by atoms with E-state index in [0.29, 0.717) is 25.9 Å². The SMILES string of the molecule is COc1ccc(C(C)N2CCN(C(=O)CCCC(=O)NN)CC2)c(OC)c1. The Hall–Kier alpha value is -2.32. The number of hydrazine groups is 1. The lowest BCUT2D eigenvalue weighted by Crippen LogP contribution is -2.49. The molecule has 1 aromatic carbocycles. The Morgan fingerprint density at radius 3 is 2.44 bits per heavy atom. The summed E-state index contributed by atoms with van der Waals surface area (Å²) in [5.41, 5.74) is 3.18. The number of methoxy groups -OCH3 is 2. The number of rotatable bonds is 8. The van der Waals surface area contributed by atoms with E-state index in [-0.39, 0.29) is 24.3 Å². The van der Waals surface area contributed by atoms with Crippen molar-refractivity contribution in [2.24, 2.45) is 5.84 Å². The number of nitrogens with two attached hydrogens (primary N) is 1. The summed E-state index contributed by atoms with van der Waals surface area (Å²) in [5.74, 6) is 6.46. The van der Waals surface area contributed by atoms with Gasteiger partial charge >= 0.3 is 0 Å². The first-order chi connectivity index (χ1) is 13.0. The number of nitrogens with one attached hydrogen (secondary N) is 1. The summed E-state index contributed by atoms with van der Waals surface area (Å²) in [5, 5.41) is 0. The van der Waals surface area contributed by atoms with Crippen LogP contribution in [0.25, 0.3) is 0 Å². The van der Waals surface area contributed by atoms with E-state index in [1.54, 1.807) is 14.2 Å². The second-order valence-corrected chi connectivity index (χ2v) is 6.62. The van der Waals surface area contributed by atoms with Gasteiger partial charge in [-0.25, -0.2) is 5.84 Å². The van der Waals surface area contributed by atoms with Crippen LogP contribution in [0.3, 0.4) is 0 Å². The van der Waals surface area contributed by atoms with Gasteiger partial charge in [0.2, 0.25) is 11.8 Å². The van der Waals surface area contributed by atoms with E-state index in [1.165, 1.54) is 0 Å². The van der Waals surface area contributed by atoms with Crippen molar-refractivity contribution in [3.05, 3.63) is 23.8 Å². The quantitative estimate of drug-likeness (QED) is 0.399. The fraction of sp³-hybridized carbons (Fsp3) is 0.579. The van der Waals surface area contributed by atoms with Gasteiger partial charge in [-0.1, -0.05) is 6.07 Å². The van der Waals surface area contributed by atoms with Crippen molar-refractivity contribution in [3.63, 3.8) is 0 Å². The summed E-state index contributed by atoms with van der Waals surface area (Å²) in [6.07, 6.45) is 1.16. The van der Waals surface area contributed by atoms with E-state index in [0.717, 1.165) is 30.2 Å². The van der Waals surface area contributed by atoms with Crippen LogP contribution in [-0.4, -0.2) is 62.0 Å². The average Bonchev–Trinajstić information content (AvgIpc) is 2.72. The molecule has 1 saturated heterocycles. The van der Waals surface area contributed by atoms with Gasteiger partial charge in [-0.3, -0.25) is 19.9 Å². The molecule has 2 rings (SSSR count). The average molecular weight is 378 g/mol. The van der Waals surface area contributed by atoms with Crippen molar-refractivity contribution in [3.8, 4) is 11.5 Å². The molecule has 150 valence electrons. The Morgan fingerprint density at radius 1 is 1.15 bits per heavy atom. The third kappa shape index (κ3) is 5.58. The van der Waals surface area contributed by atoms with Crippen molar-refractivity contribution in [1.29, 1.82) is 0 Å². The molecule has 8 heteroatoms. The number of hydrogen-bond acceptors (Lipinski definition) is 6. The Kier molecular flexibility index (Phi) is 7.87. The molecular weight excluding hydrogens is 348 g/mol. The lowest BCUT2D eigenvalue weighted by atomic mass is 10.0. The minimum atomic E-state index is -0.241. The lowest BCUT2D eigenvalue weighted by Gasteiger charge is -2.38. The first-order valence-electron chi connectivity index (χ1n) is 9.23. The summed E-state index contributed by atoms with van der Waals surface area (Å²) in [6.45, 7) is 5.11. The van der Waals surface area contributed by atoms with Crippen LogP contribution in [0, 0.1) is 0 Å². The molecule has 0 radical (unpaired) electrons. The van der Waals surface area contributed by atoms with Gasteiger partial charge in [-0.2, -0.15) is 0 Å². The smallest absolute Gasteiger partial charge is 0.233 e. The van der Waals surface area contributed by atoms with Crippen molar-refractivity contribution in [2.75, 3.05) is 40.4 Å². The normalized spacial score (nSPS) is 15.9. The predicted molar refractivity (Wildman–Crippen MR) is 102 cm³/mol. The summed E-state index contributed by atoms with van der Waals surface area (Å²) in [6, 6.07) is 6.04. The van der Waals surface area contributed by atoms with E-state index >= 15 is 0 Å². The summed E-state index contributed by atoms with van der Waals surface area (Å²) >= 11 is 0. The first kappa shape index (κ1) is 21.0. The van der Waals surface area contributed by atoms with Gasteiger partial charge in [0.05, 0.1) is 14.2 Å².